The van der Waals surface area contributed by atoms with Gasteiger partial charge >= 0.3 is 0 Å². The van der Waals surface area contributed by atoms with Crippen LogP contribution in [0.2, 0.25) is 0 Å². The topological polar surface area (TPSA) is 63.9 Å². The molecular weight excluding hydrogens is 382 g/mol. The van der Waals surface area contributed by atoms with Crippen LogP contribution in [0.1, 0.15) is 25.0 Å². The van der Waals surface area contributed by atoms with Crippen molar-refractivity contribution in [2.24, 2.45) is 0 Å². The van der Waals surface area contributed by atoms with Crippen molar-refractivity contribution >= 4 is 23.2 Å². The Bertz CT molecular complexity index is 1080. The van der Waals surface area contributed by atoms with Gasteiger partial charge in [-0.05, 0) is 41.1 Å². The number of carbonyl (C=O) groups excluding carboxylic acids is 1. The molecule has 3 aromatic rings. The van der Waals surface area contributed by atoms with Gasteiger partial charge < -0.3 is 4.90 Å². The number of aryl methyl sites for hydroxylation is 1. The second-order valence-electron chi connectivity index (χ2n) is 7.69. The van der Waals surface area contributed by atoms with E-state index in [1.807, 2.05) is 50.4 Å². The first-order valence-electron chi connectivity index (χ1n) is 9.44. The van der Waals surface area contributed by atoms with Crippen molar-refractivity contribution in [2.45, 2.75) is 31.3 Å². The maximum atomic E-state index is 12.8. The van der Waals surface area contributed by atoms with E-state index < -0.39 is 0 Å². The lowest BCUT2D eigenvalue weighted by molar-refractivity contribution is -0.112. The first kappa shape index (κ1) is 19.4. The van der Waals surface area contributed by atoms with Gasteiger partial charge in [-0.25, -0.2) is 0 Å². The van der Waals surface area contributed by atoms with Crippen molar-refractivity contribution < 1.29 is 4.79 Å². The molecule has 4 rings (SSSR count). The van der Waals surface area contributed by atoms with Crippen molar-refractivity contribution in [3.63, 3.8) is 0 Å². The summed E-state index contributed by atoms with van der Waals surface area (Å²) in [6.45, 7) is 6.34. The molecule has 0 aliphatic carbocycles. The minimum absolute atomic E-state index is 0.0381. The molecule has 0 unspecified atom stereocenters. The smallest absolute Gasteiger partial charge is 0.214 e. The van der Waals surface area contributed by atoms with E-state index in [0.29, 0.717) is 5.16 Å². The number of thioether (sulfide) groups is 1. The number of benzene rings is 2. The van der Waals surface area contributed by atoms with Crippen LogP contribution < -0.4 is 4.90 Å². The van der Waals surface area contributed by atoms with Gasteiger partial charge in [0.25, 0.3) is 0 Å². The predicted octanol–water partition coefficient (Wildman–Crippen LogP) is 3.94. The fourth-order valence-corrected chi connectivity index (χ4v) is 4.42. The Morgan fingerprint density at radius 2 is 1.86 bits per heavy atom. The highest BCUT2D eigenvalue weighted by Crippen LogP contribution is 2.46. The number of fused-ring (bicyclic) bond motifs is 1. The number of tetrazole rings is 1. The van der Waals surface area contributed by atoms with Crippen LogP contribution in [0.3, 0.4) is 0 Å². The van der Waals surface area contributed by atoms with Gasteiger partial charge in [0.1, 0.15) is 0 Å². The molecule has 6 nitrogen and oxygen atoms in total. The van der Waals surface area contributed by atoms with E-state index in [4.69, 9.17) is 0 Å². The second-order valence-corrected chi connectivity index (χ2v) is 8.64. The molecule has 0 saturated carbocycles. The molecule has 1 aromatic heterocycles. The number of rotatable bonds is 5. The largest absolute Gasteiger partial charge is 0.347 e. The summed E-state index contributed by atoms with van der Waals surface area (Å²) in [6, 6.07) is 16.2. The number of anilines is 1. The maximum Gasteiger partial charge on any atom is 0.214 e. The number of likely N-dealkylation sites (N-methyl/N-ethyl adjacent to an activating group) is 1. The van der Waals surface area contributed by atoms with Crippen molar-refractivity contribution in [1.29, 1.82) is 0 Å². The van der Waals surface area contributed by atoms with E-state index in [0.717, 1.165) is 17.1 Å². The number of hydrogen-bond acceptors (Lipinski definition) is 6. The Labute approximate surface area is 174 Å². The van der Waals surface area contributed by atoms with Gasteiger partial charge in [-0.2, -0.15) is 4.68 Å². The van der Waals surface area contributed by atoms with E-state index in [1.165, 1.54) is 22.9 Å². The predicted molar refractivity (Wildman–Crippen MR) is 116 cm³/mol. The Hall–Kier alpha value is -2.93. The summed E-state index contributed by atoms with van der Waals surface area (Å²) in [5, 5.41) is 12.5. The van der Waals surface area contributed by atoms with Gasteiger partial charge in [0.15, 0.2) is 5.78 Å². The van der Waals surface area contributed by atoms with Crippen LogP contribution >= 0.6 is 11.8 Å². The number of carbonyl (C=O) groups is 1. The van der Waals surface area contributed by atoms with E-state index in [2.05, 4.69) is 46.4 Å². The quantitative estimate of drug-likeness (QED) is 0.473. The molecule has 0 radical (unpaired) electrons. The lowest BCUT2D eigenvalue weighted by Crippen LogP contribution is -2.24. The van der Waals surface area contributed by atoms with Gasteiger partial charge in [-0.1, -0.05) is 61.5 Å². The summed E-state index contributed by atoms with van der Waals surface area (Å²) in [5.41, 5.74) is 5.21. The highest BCUT2D eigenvalue weighted by atomic mass is 32.2. The average molecular weight is 406 g/mol. The van der Waals surface area contributed by atoms with Crippen LogP contribution in [0.4, 0.5) is 5.69 Å². The summed E-state index contributed by atoms with van der Waals surface area (Å²) in [6.07, 6.45) is 1.76. The number of nitrogens with zero attached hydrogens (tertiary/aromatic N) is 5. The second kappa shape index (κ2) is 7.48. The maximum absolute atomic E-state index is 12.8. The van der Waals surface area contributed by atoms with Crippen LogP contribution in [0, 0.1) is 6.92 Å². The number of aromatic nitrogens is 4. The molecular formula is C22H23N5OS. The molecule has 0 bridgehead atoms. The van der Waals surface area contributed by atoms with Crippen molar-refractivity contribution in [2.75, 3.05) is 17.7 Å². The molecule has 29 heavy (non-hydrogen) atoms. The third kappa shape index (κ3) is 3.58. The summed E-state index contributed by atoms with van der Waals surface area (Å²) >= 11 is 1.34. The van der Waals surface area contributed by atoms with Crippen LogP contribution in [0.25, 0.3) is 5.69 Å². The summed E-state index contributed by atoms with van der Waals surface area (Å²) in [4.78, 5) is 14.9. The lowest BCUT2D eigenvalue weighted by atomic mass is 9.83. The SMILES string of the molecule is Cc1ccc(-n2nnnc2SCC(=O)C=C2N(C)c3ccccc3C2(C)C)cc1. The van der Waals surface area contributed by atoms with E-state index >= 15 is 0 Å². The highest BCUT2D eigenvalue weighted by molar-refractivity contribution is 7.99. The fourth-order valence-electron chi connectivity index (χ4n) is 3.71. The first-order valence-corrected chi connectivity index (χ1v) is 10.4. The summed E-state index contributed by atoms with van der Waals surface area (Å²) in [5.74, 6) is 0.312. The summed E-state index contributed by atoms with van der Waals surface area (Å²) < 4.78 is 1.66. The fraction of sp³-hybridized carbons (Fsp3) is 0.273. The van der Waals surface area contributed by atoms with Gasteiger partial charge in [0.2, 0.25) is 5.16 Å². The van der Waals surface area contributed by atoms with Crippen molar-refractivity contribution in [1.82, 2.24) is 20.2 Å². The minimum atomic E-state index is -0.213. The zero-order valence-corrected chi connectivity index (χ0v) is 17.8. The van der Waals surface area contributed by atoms with Crippen LogP contribution in [-0.4, -0.2) is 38.8 Å². The van der Waals surface area contributed by atoms with Gasteiger partial charge in [0, 0.05) is 29.9 Å². The molecule has 2 aromatic carbocycles. The molecule has 7 heteroatoms. The van der Waals surface area contributed by atoms with Crippen LogP contribution in [0.5, 0.6) is 0 Å². The monoisotopic (exact) mass is 405 g/mol. The summed E-state index contributed by atoms with van der Waals surface area (Å²) in [7, 11) is 2.01. The Kier molecular flexibility index (Phi) is 5.00. The molecule has 0 atom stereocenters. The Balaban J connectivity index is 1.51. The molecule has 0 N–H and O–H groups in total. The standard InChI is InChI=1S/C22H23N5OS/c1-15-9-11-16(12-10-15)27-21(23-24-25-27)29-14-17(28)13-20-22(2,3)18-7-5-6-8-19(18)26(20)4/h5-13H,14H2,1-4H3. The number of hydrogen-bond donors (Lipinski definition) is 0. The molecule has 0 fully saturated rings. The number of ketones is 1. The van der Waals surface area contributed by atoms with Crippen molar-refractivity contribution in [3.05, 3.63) is 71.4 Å². The zero-order chi connectivity index (χ0) is 20.6. The van der Waals surface area contributed by atoms with Crippen LogP contribution in [-0.2, 0) is 10.2 Å². The Morgan fingerprint density at radius 1 is 1.14 bits per heavy atom. The van der Waals surface area contributed by atoms with Crippen LogP contribution in [0.15, 0.2) is 65.5 Å². The van der Waals surface area contributed by atoms with Gasteiger partial charge in [0.05, 0.1) is 11.4 Å². The Morgan fingerprint density at radius 3 is 2.59 bits per heavy atom. The molecule has 1 aliphatic heterocycles. The molecule has 1 aliphatic rings. The number of para-hydroxylation sites is 1. The molecule has 0 amide bonds. The average Bonchev–Trinajstić information content (AvgIpc) is 3.25. The molecule has 0 saturated heterocycles. The normalized spacial score (nSPS) is 16.3. The van der Waals surface area contributed by atoms with E-state index in [1.54, 1.807) is 10.8 Å². The van der Waals surface area contributed by atoms with Gasteiger partial charge in [-0.15, -0.1) is 5.10 Å². The third-order valence-corrected chi connectivity index (χ3v) is 6.24. The minimum Gasteiger partial charge on any atom is -0.347 e. The number of allylic oxidation sites excluding steroid dienone is 2. The highest BCUT2D eigenvalue weighted by Gasteiger charge is 2.38. The third-order valence-electron chi connectivity index (χ3n) is 5.30. The van der Waals surface area contributed by atoms with Crippen molar-refractivity contribution in [3.8, 4) is 5.69 Å². The lowest BCUT2D eigenvalue weighted by Gasteiger charge is -2.23. The van der Waals surface area contributed by atoms with Gasteiger partial charge in [-0.3, -0.25) is 4.79 Å². The zero-order valence-electron chi connectivity index (χ0n) is 17.0. The van der Waals surface area contributed by atoms with E-state index in [-0.39, 0.29) is 17.0 Å². The molecule has 0 spiro atoms. The molecule has 148 valence electrons. The molecule has 2 heterocycles. The van der Waals surface area contributed by atoms with E-state index in [9.17, 15) is 4.79 Å². The first-order chi connectivity index (χ1) is 13.9.